The Kier molecular flexibility index (Phi) is 7.41. The lowest BCUT2D eigenvalue weighted by molar-refractivity contribution is -0.126. The Labute approximate surface area is 204 Å². The van der Waals surface area contributed by atoms with E-state index in [1.807, 2.05) is 49.9 Å². The van der Waals surface area contributed by atoms with E-state index >= 15 is 0 Å². The smallest absolute Gasteiger partial charge is 0.265 e. The minimum Gasteiger partial charge on any atom is -0.352 e. The van der Waals surface area contributed by atoms with Crippen molar-refractivity contribution in [1.29, 1.82) is 0 Å². The van der Waals surface area contributed by atoms with E-state index < -0.39 is 0 Å². The van der Waals surface area contributed by atoms with Crippen molar-refractivity contribution in [3.05, 3.63) is 76.0 Å². The summed E-state index contributed by atoms with van der Waals surface area (Å²) in [6.45, 7) is 7.66. The minimum atomic E-state index is -0.297. The number of hydrogen-bond acceptors (Lipinski definition) is 4. The highest BCUT2D eigenvalue weighted by Gasteiger charge is 2.31. The highest BCUT2D eigenvalue weighted by Crippen LogP contribution is 2.31. The van der Waals surface area contributed by atoms with E-state index in [1.165, 1.54) is 29.0 Å². The molecule has 1 unspecified atom stereocenters. The molecule has 1 N–H and O–H groups in total. The van der Waals surface area contributed by atoms with Crippen molar-refractivity contribution in [2.75, 3.05) is 13.1 Å². The van der Waals surface area contributed by atoms with Crippen LogP contribution in [0.15, 0.2) is 48.5 Å². The number of piperidine rings is 1. The Hall–Kier alpha value is -3.06. The minimum absolute atomic E-state index is 0.0153. The van der Waals surface area contributed by atoms with Gasteiger partial charge >= 0.3 is 0 Å². The first-order chi connectivity index (χ1) is 16.3. The Balaban J connectivity index is 1.32. The van der Waals surface area contributed by atoms with Gasteiger partial charge in [0.05, 0.1) is 5.69 Å². The topological polar surface area (TPSA) is 62.3 Å². The number of amides is 2. The maximum absolute atomic E-state index is 13.2. The van der Waals surface area contributed by atoms with Gasteiger partial charge in [0.25, 0.3) is 5.91 Å². The zero-order chi connectivity index (χ0) is 24.2. The summed E-state index contributed by atoms with van der Waals surface area (Å²) in [5.74, 6) is -0.0993. The number of thiazole rings is 1. The van der Waals surface area contributed by atoms with E-state index in [0.29, 0.717) is 30.2 Å². The van der Waals surface area contributed by atoms with Crippen molar-refractivity contribution in [1.82, 2.24) is 15.2 Å². The van der Waals surface area contributed by atoms with Crippen LogP contribution >= 0.6 is 11.3 Å². The lowest BCUT2D eigenvalue weighted by Crippen LogP contribution is -2.42. The number of hydrogen-bond donors (Lipinski definition) is 1. The van der Waals surface area contributed by atoms with Gasteiger partial charge in [0, 0.05) is 31.1 Å². The van der Waals surface area contributed by atoms with Crippen LogP contribution in [0.2, 0.25) is 0 Å². The number of nitrogens with zero attached hydrogens (tertiary/aromatic N) is 2. The van der Waals surface area contributed by atoms with Crippen molar-refractivity contribution in [2.45, 2.75) is 40.2 Å². The SMILES string of the molecule is Cc1ccccc1CNC(=O)C(C)C1CCN(C(=O)c2sc(-c3ccc(F)cc3)nc2C)CC1. The average Bonchev–Trinajstić information content (AvgIpc) is 3.24. The molecule has 0 saturated carbocycles. The summed E-state index contributed by atoms with van der Waals surface area (Å²) in [7, 11) is 0. The molecule has 0 aliphatic carbocycles. The van der Waals surface area contributed by atoms with Crippen LogP contribution in [0.4, 0.5) is 4.39 Å². The van der Waals surface area contributed by atoms with Crippen molar-refractivity contribution in [3.8, 4) is 10.6 Å². The highest BCUT2D eigenvalue weighted by molar-refractivity contribution is 7.17. The largest absolute Gasteiger partial charge is 0.352 e. The van der Waals surface area contributed by atoms with Gasteiger partial charge in [-0.25, -0.2) is 9.37 Å². The Morgan fingerprint density at radius 1 is 1.12 bits per heavy atom. The van der Waals surface area contributed by atoms with E-state index in [1.54, 1.807) is 12.1 Å². The molecule has 0 bridgehead atoms. The molecule has 1 atom stereocenters. The molecule has 1 fully saturated rings. The Morgan fingerprint density at radius 3 is 2.47 bits per heavy atom. The maximum Gasteiger partial charge on any atom is 0.265 e. The summed E-state index contributed by atoms with van der Waals surface area (Å²) in [5.41, 5.74) is 3.80. The molecule has 0 spiro atoms. The van der Waals surface area contributed by atoms with Crippen LogP contribution in [-0.2, 0) is 11.3 Å². The lowest BCUT2D eigenvalue weighted by Gasteiger charge is -2.34. The molecule has 2 heterocycles. The van der Waals surface area contributed by atoms with Crippen molar-refractivity contribution >= 4 is 23.2 Å². The number of benzene rings is 2. The summed E-state index contributed by atoms with van der Waals surface area (Å²) in [4.78, 5) is 33.0. The van der Waals surface area contributed by atoms with Crippen LogP contribution in [0.25, 0.3) is 10.6 Å². The normalized spacial score (nSPS) is 15.2. The fourth-order valence-electron chi connectivity index (χ4n) is 4.42. The summed E-state index contributed by atoms with van der Waals surface area (Å²) >= 11 is 1.35. The molecular weight excluding hydrogens is 449 g/mol. The summed E-state index contributed by atoms with van der Waals surface area (Å²) in [6, 6.07) is 14.2. The third-order valence-corrected chi connectivity index (χ3v) is 7.94. The van der Waals surface area contributed by atoms with Crippen LogP contribution in [0.5, 0.6) is 0 Å². The number of rotatable bonds is 6. The molecule has 0 radical (unpaired) electrons. The number of aryl methyl sites for hydroxylation is 2. The van der Waals surface area contributed by atoms with E-state index in [9.17, 15) is 14.0 Å². The van der Waals surface area contributed by atoms with Crippen LogP contribution in [0.1, 0.15) is 46.3 Å². The molecule has 4 rings (SSSR count). The number of likely N-dealkylation sites (tertiary alicyclic amines) is 1. The first-order valence-electron chi connectivity index (χ1n) is 11.7. The van der Waals surface area contributed by atoms with Crippen LogP contribution in [0, 0.1) is 31.5 Å². The molecule has 7 heteroatoms. The van der Waals surface area contributed by atoms with Crippen molar-refractivity contribution < 1.29 is 14.0 Å². The number of carbonyl (C=O) groups excluding carboxylic acids is 2. The predicted octanol–water partition coefficient (Wildman–Crippen LogP) is 5.37. The average molecular weight is 480 g/mol. The summed E-state index contributed by atoms with van der Waals surface area (Å²) < 4.78 is 13.2. The van der Waals surface area contributed by atoms with E-state index in [4.69, 9.17) is 0 Å². The molecule has 1 saturated heterocycles. The van der Waals surface area contributed by atoms with Gasteiger partial charge in [-0.15, -0.1) is 11.3 Å². The lowest BCUT2D eigenvalue weighted by atomic mass is 9.84. The second-order valence-corrected chi connectivity index (χ2v) is 10.0. The second kappa shape index (κ2) is 10.5. The van der Waals surface area contributed by atoms with Crippen molar-refractivity contribution in [3.63, 3.8) is 0 Å². The van der Waals surface area contributed by atoms with E-state index in [0.717, 1.165) is 29.0 Å². The number of nitrogens with one attached hydrogen (secondary N) is 1. The number of halogens is 1. The van der Waals surface area contributed by atoms with Gasteiger partial charge in [0.1, 0.15) is 15.7 Å². The van der Waals surface area contributed by atoms with E-state index in [-0.39, 0.29) is 29.5 Å². The number of carbonyl (C=O) groups is 2. The van der Waals surface area contributed by atoms with Gasteiger partial charge in [-0.3, -0.25) is 9.59 Å². The molecule has 178 valence electrons. The fourth-order valence-corrected chi connectivity index (χ4v) is 5.46. The van der Waals surface area contributed by atoms with Gasteiger partial charge in [-0.05, 0) is 68.0 Å². The van der Waals surface area contributed by atoms with Gasteiger partial charge in [0.2, 0.25) is 5.91 Å². The highest BCUT2D eigenvalue weighted by atomic mass is 32.1. The molecular formula is C27H30FN3O2S. The van der Waals surface area contributed by atoms with Gasteiger partial charge in [-0.2, -0.15) is 0 Å². The molecule has 5 nitrogen and oxygen atoms in total. The molecule has 1 aromatic heterocycles. The first-order valence-corrected chi connectivity index (χ1v) is 12.5. The quantitative estimate of drug-likeness (QED) is 0.517. The summed E-state index contributed by atoms with van der Waals surface area (Å²) in [5, 5.41) is 3.79. The zero-order valence-corrected chi connectivity index (χ0v) is 20.6. The molecule has 3 aromatic rings. The molecule has 1 aliphatic heterocycles. The number of aromatic nitrogens is 1. The zero-order valence-electron chi connectivity index (χ0n) is 19.8. The summed E-state index contributed by atoms with van der Waals surface area (Å²) in [6.07, 6.45) is 1.60. The molecule has 2 aromatic carbocycles. The standard InChI is InChI=1S/C27H30FN3O2S/c1-17-6-4-5-7-22(17)16-29-25(32)18(2)20-12-14-31(15-13-20)27(33)24-19(3)30-26(34-24)21-8-10-23(28)11-9-21/h4-11,18,20H,12-16H2,1-3H3,(H,29,32). The Bertz CT molecular complexity index is 1170. The first kappa shape index (κ1) is 24.1. The van der Waals surface area contributed by atoms with Gasteiger partial charge in [-0.1, -0.05) is 31.2 Å². The molecule has 34 heavy (non-hydrogen) atoms. The van der Waals surface area contributed by atoms with Crippen LogP contribution < -0.4 is 5.32 Å². The monoisotopic (exact) mass is 479 g/mol. The molecule has 2 amide bonds. The van der Waals surface area contributed by atoms with Gasteiger partial charge in [0.15, 0.2) is 0 Å². The Morgan fingerprint density at radius 2 is 1.79 bits per heavy atom. The third kappa shape index (κ3) is 5.36. The van der Waals surface area contributed by atoms with E-state index in [2.05, 4.69) is 10.3 Å². The fraction of sp³-hybridized carbons (Fsp3) is 0.370. The van der Waals surface area contributed by atoms with Crippen LogP contribution in [0.3, 0.4) is 0 Å². The van der Waals surface area contributed by atoms with Gasteiger partial charge < -0.3 is 10.2 Å². The third-order valence-electron chi connectivity index (χ3n) is 6.74. The van der Waals surface area contributed by atoms with Crippen molar-refractivity contribution in [2.24, 2.45) is 11.8 Å². The predicted molar refractivity (Wildman–Crippen MR) is 133 cm³/mol. The second-order valence-electron chi connectivity index (χ2n) is 9.00. The molecule has 1 aliphatic rings. The maximum atomic E-state index is 13.2. The van der Waals surface area contributed by atoms with Crippen LogP contribution in [-0.4, -0.2) is 34.8 Å².